The minimum atomic E-state index is -0.244. The minimum absolute atomic E-state index is 0.0232. The molecule has 124 valence electrons. The first-order chi connectivity index (χ1) is 11.6. The lowest BCUT2D eigenvalue weighted by Crippen LogP contribution is -2.21. The van der Waals surface area contributed by atoms with E-state index in [0.717, 1.165) is 17.0 Å². The zero-order valence-corrected chi connectivity index (χ0v) is 13.3. The number of carbonyl (C=O) groups excluding carboxylic acids is 2. The number of methoxy groups -OCH3 is 1. The highest BCUT2D eigenvalue weighted by Gasteiger charge is 2.15. The van der Waals surface area contributed by atoms with Crippen molar-refractivity contribution >= 4 is 23.2 Å². The molecule has 0 fully saturated rings. The third kappa shape index (κ3) is 3.84. The number of fused-ring (bicyclic) bond motifs is 1. The first-order valence-corrected chi connectivity index (χ1v) is 7.63. The van der Waals surface area contributed by atoms with Crippen LogP contribution in [0.5, 0.6) is 11.5 Å². The number of hydrogen-bond acceptors (Lipinski definition) is 4. The SMILES string of the molecule is COc1ccc(NC(=O)COc2ccc3c(c2)CCC(=O)N3)cc1. The summed E-state index contributed by atoms with van der Waals surface area (Å²) in [6.07, 6.45) is 1.14. The summed E-state index contributed by atoms with van der Waals surface area (Å²) in [5.41, 5.74) is 2.50. The van der Waals surface area contributed by atoms with Crippen molar-refractivity contribution in [1.29, 1.82) is 0 Å². The van der Waals surface area contributed by atoms with Crippen LogP contribution in [0.4, 0.5) is 11.4 Å². The van der Waals surface area contributed by atoms with E-state index in [9.17, 15) is 9.59 Å². The molecule has 1 aliphatic rings. The van der Waals surface area contributed by atoms with Crippen LogP contribution in [0.25, 0.3) is 0 Å². The van der Waals surface area contributed by atoms with Gasteiger partial charge in [0.15, 0.2) is 6.61 Å². The van der Waals surface area contributed by atoms with E-state index in [-0.39, 0.29) is 18.4 Å². The van der Waals surface area contributed by atoms with Gasteiger partial charge >= 0.3 is 0 Å². The van der Waals surface area contributed by atoms with Crippen LogP contribution in [0.3, 0.4) is 0 Å². The van der Waals surface area contributed by atoms with Crippen LogP contribution >= 0.6 is 0 Å². The molecule has 0 aliphatic carbocycles. The van der Waals surface area contributed by atoms with Gasteiger partial charge in [-0.3, -0.25) is 9.59 Å². The predicted octanol–water partition coefficient (Wildman–Crippen LogP) is 2.60. The second-order valence-corrected chi connectivity index (χ2v) is 5.43. The van der Waals surface area contributed by atoms with Crippen LogP contribution in [0.1, 0.15) is 12.0 Å². The molecule has 2 aromatic carbocycles. The van der Waals surface area contributed by atoms with E-state index in [4.69, 9.17) is 9.47 Å². The fourth-order valence-electron chi connectivity index (χ4n) is 2.47. The molecule has 0 atom stereocenters. The Morgan fingerprint density at radius 3 is 2.62 bits per heavy atom. The zero-order valence-electron chi connectivity index (χ0n) is 13.3. The smallest absolute Gasteiger partial charge is 0.262 e. The van der Waals surface area contributed by atoms with E-state index in [1.807, 2.05) is 6.07 Å². The van der Waals surface area contributed by atoms with Crippen LogP contribution in [-0.2, 0) is 16.0 Å². The van der Waals surface area contributed by atoms with Crippen molar-refractivity contribution in [2.24, 2.45) is 0 Å². The van der Waals surface area contributed by atoms with E-state index in [2.05, 4.69) is 10.6 Å². The Balaban J connectivity index is 1.55. The molecule has 0 aromatic heterocycles. The van der Waals surface area contributed by atoms with Gasteiger partial charge in [0.2, 0.25) is 5.91 Å². The van der Waals surface area contributed by atoms with Crippen molar-refractivity contribution in [3.05, 3.63) is 48.0 Å². The van der Waals surface area contributed by atoms with Gasteiger partial charge < -0.3 is 20.1 Å². The van der Waals surface area contributed by atoms with Gasteiger partial charge in [0.05, 0.1) is 7.11 Å². The van der Waals surface area contributed by atoms with Crippen molar-refractivity contribution in [3.8, 4) is 11.5 Å². The number of anilines is 2. The summed E-state index contributed by atoms with van der Waals surface area (Å²) < 4.78 is 10.6. The lowest BCUT2D eigenvalue weighted by Gasteiger charge is -2.17. The largest absolute Gasteiger partial charge is 0.497 e. The second kappa shape index (κ2) is 7.04. The second-order valence-electron chi connectivity index (χ2n) is 5.43. The fourth-order valence-corrected chi connectivity index (χ4v) is 2.47. The number of nitrogens with one attached hydrogen (secondary N) is 2. The molecular weight excluding hydrogens is 308 g/mol. The third-order valence-electron chi connectivity index (χ3n) is 3.72. The van der Waals surface area contributed by atoms with Gasteiger partial charge in [-0.25, -0.2) is 0 Å². The Morgan fingerprint density at radius 1 is 1.12 bits per heavy atom. The molecule has 2 aromatic rings. The van der Waals surface area contributed by atoms with Crippen LogP contribution in [0.15, 0.2) is 42.5 Å². The summed E-state index contributed by atoms with van der Waals surface area (Å²) >= 11 is 0. The maximum Gasteiger partial charge on any atom is 0.262 e. The van der Waals surface area contributed by atoms with Gasteiger partial charge in [-0.2, -0.15) is 0 Å². The maximum atomic E-state index is 11.9. The van der Waals surface area contributed by atoms with E-state index >= 15 is 0 Å². The van der Waals surface area contributed by atoms with Gasteiger partial charge in [0, 0.05) is 17.8 Å². The summed E-state index contributed by atoms with van der Waals surface area (Å²) in [6, 6.07) is 12.5. The maximum absolute atomic E-state index is 11.9. The highest BCUT2D eigenvalue weighted by Crippen LogP contribution is 2.26. The number of amides is 2. The minimum Gasteiger partial charge on any atom is -0.497 e. The number of benzene rings is 2. The van der Waals surface area contributed by atoms with Crippen LogP contribution in [0, 0.1) is 0 Å². The molecule has 0 spiro atoms. The normalized spacial score (nSPS) is 12.8. The van der Waals surface area contributed by atoms with Crippen molar-refractivity contribution < 1.29 is 19.1 Å². The summed E-state index contributed by atoms with van der Waals surface area (Å²) in [5, 5.41) is 5.57. The molecule has 0 saturated carbocycles. The van der Waals surface area contributed by atoms with Crippen LogP contribution in [0.2, 0.25) is 0 Å². The number of hydrogen-bond donors (Lipinski definition) is 2. The molecule has 6 nitrogen and oxygen atoms in total. The molecule has 3 rings (SSSR count). The molecule has 0 unspecified atom stereocenters. The molecule has 2 N–H and O–H groups in total. The Labute approximate surface area is 139 Å². The molecule has 24 heavy (non-hydrogen) atoms. The average molecular weight is 326 g/mol. The number of aryl methyl sites for hydroxylation is 1. The van der Waals surface area contributed by atoms with Crippen LogP contribution in [-0.4, -0.2) is 25.5 Å². The zero-order chi connectivity index (χ0) is 16.9. The molecule has 1 heterocycles. The molecule has 1 aliphatic heterocycles. The fraction of sp³-hybridized carbons (Fsp3) is 0.222. The first-order valence-electron chi connectivity index (χ1n) is 7.63. The Kier molecular flexibility index (Phi) is 4.65. The summed E-state index contributed by atoms with van der Waals surface area (Å²) in [6.45, 7) is -0.0861. The number of carbonyl (C=O) groups is 2. The topological polar surface area (TPSA) is 76.7 Å². The molecular formula is C18H18N2O4. The molecule has 2 amide bonds. The van der Waals surface area contributed by atoms with Gasteiger partial charge in [-0.05, 0) is 54.4 Å². The Hall–Kier alpha value is -3.02. The van der Waals surface area contributed by atoms with E-state index < -0.39 is 0 Å². The Morgan fingerprint density at radius 2 is 1.88 bits per heavy atom. The molecule has 0 saturated heterocycles. The van der Waals surface area contributed by atoms with Gasteiger partial charge in [-0.1, -0.05) is 0 Å². The monoisotopic (exact) mass is 326 g/mol. The number of ether oxygens (including phenoxy) is 2. The summed E-state index contributed by atoms with van der Waals surface area (Å²) in [5.74, 6) is 1.11. The third-order valence-corrected chi connectivity index (χ3v) is 3.72. The van der Waals surface area contributed by atoms with E-state index in [1.54, 1.807) is 43.5 Å². The highest BCUT2D eigenvalue weighted by atomic mass is 16.5. The average Bonchev–Trinajstić information content (AvgIpc) is 2.60. The van der Waals surface area contributed by atoms with Gasteiger partial charge in [-0.15, -0.1) is 0 Å². The van der Waals surface area contributed by atoms with Crippen molar-refractivity contribution in [2.45, 2.75) is 12.8 Å². The van der Waals surface area contributed by atoms with Gasteiger partial charge in [0.1, 0.15) is 11.5 Å². The molecule has 6 heteroatoms. The summed E-state index contributed by atoms with van der Waals surface area (Å²) in [7, 11) is 1.59. The number of rotatable bonds is 5. The molecule has 0 radical (unpaired) electrons. The standard InChI is InChI=1S/C18H18N2O4/c1-23-14-5-3-13(4-6-14)19-18(22)11-24-15-7-8-16-12(10-15)2-9-17(21)20-16/h3-8,10H,2,9,11H2,1H3,(H,19,22)(H,20,21). The quantitative estimate of drug-likeness (QED) is 0.885. The van der Waals surface area contributed by atoms with E-state index in [1.165, 1.54) is 0 Å². The van der Waals surface area contributed by atoms with E-state index in [0.29, 0.717) is 24.3 Å². The predicted molar refractivity (Wildman–Crippen MR) is 90.5 cm³/mol. The molecule has 0 bridgehead atoms. The highest BCUT2D eigenvalue weighted by molar-refractivity contribution is 5.94. The summed E-state index contributed by atoms with van der Waals surface area (Å²) in [4.78, 5) is 23.3. The first kappa shape index (κ1) is 15.9. The Bertz CT molecular complexity index is 756. The lowest BCUT2D eigenvalue weighted by molar-refractivity contribution is -0.118. The van der Waals surface area contributed by atoms with Gasteiger partial charge in [0.25, 0.3) is 5.91 Å². The van der Waals surface area contributed by atoms with Crippen molar-refractivity contribution in [1.82, 2.24) is 0 Å². The van der Waals surface area contributed by atoms with Crippen LogP contribution < -0.4 is 20.1 Å². The van der Waals surface area contributed by atoms with Crippen molar-refractivity contribution in [3.63, 3.8) is 0 Å². The van der Waals surface area contributed by atoms with Crippen molar-refractivity contribution in [2.75, 3.05) is 24.4 Å². The lowest BCUT2D eigenvalue weighted by atomic mass is 10.0.